The van der Waals surface area contributed by atoms with Gasteiger partial charge in [-0.15, -0.1) is 0 Å². The number of likely N-dealkylation sites (tertiary alicyclic amines) is 1. The first-order valence-electron chi connectivity index (χ1n) is 11.1. The van der Waals surface area contributed by atoms with Gasteiger partial charge in [0.2, 0.25) is 0 Å². The second-order valence-corrected chi connectivity index (χ2v) is 8.74. The number of nitrogens with zero attached hydrogens (tertiary/aromatic N) is 6. The number of aryl methyl sites for hydroxylation is 1. The molecule has 0 radical (unpaired) electrons. The van der Waals surface area contributed by atoms with E-state index in [1.165, 1.54) is 17.4 Å². The van der Waals surface area contributed by atoms with E-state index in [-0.39, 0.29) is 0 Å². The number of hydrogen-bond donors (Lipinski definition) is 0. The van der Waals surface area contributed by atoms with Gasteiger partial charge in [-0.3, -0.25) is 9.88 Å². The predicted octanol–water partition coefficient (Wildman–Crippen LogP) is 4.80. The molecule has 0 aliphatic carbocycles. The molecule has 1 aliphatic heterocycles. The highest BCUT2D eigenvalue weighted by molar-refractivity contribution is 5.81. The molecule has 1 fully saturated rings. The summed E-state index contributed by atoms with van der Waals surface area (Å²) in [5.74, 6) is 1.04. The number of rotatable bonds is 5. The Morgan fingerprint density at radius 2 is 1.81 bits per heavy atom. The van der Waals surface area contributed by atoms with Crippen molar-refractivity contribution in [2.75, 3.05) is 25.5 Å². The van der Waals surface area contributed by atoms with Crippen molar-refractivity contribution in [3.05, 3.63) is 78.1 Å². The summed E-state index contributed by atoms with van der Waals surface area (Å²) in [6, 6.07) is 15.2. The monoisotopic (exact) mass is 424 g/mol. The molecule has 1 unspecified atom stereocenters. The van der Waals surface area contributed by atoms with Crippen LogP contribution in [0.1, 0.15) is 35.8 Å². The molecule has 162 valence electrons. The van der Waals surface area contributed by atoms with Crippen molar-refractivity contribution < 1.29 is 0 Å². The Labute approximate surface area is 189 Å². The molecule has 3 aromatic heterocycles. The van der Waals surface area contributed by atoms with Crippen molar-refractivity contribution >= 4 is 16.7 Å². The fourth-order valence-corrected chi connectivity index (χ4v) is 4.70. The molecule has 5 rings (SSSR count). The Balaban J connectivity index is 1.49. The van der Waals surface area contributed by atoms with Crippen LogP contribution in [0.15, 0.2) is 61.2 Å². The Morgan fingerprint density at radius 3 is 2.62 bits per heavy atom. The first kappa shape index (κ1) is 20.5. The van der Waals surface area contributed by atoms with Crippen LogP contribution in [0, 0.1) is 6.92 Å². The average Bonchev–Trinajstić information content (AvgIpc) is 3.27. The predicted molar refractivity (Wildman–Crippen MR) is 128 cm³/mol. The zero-order valence-electron chi connectivity index (χ0n) is 18.9. The van der Waals surface area contributed by atoms with E-state index >= 15 is 0 Å². The van der Waals surface area contributed by atoms with Gasteiger partial charge in [0.25, 0.3) is 0 Å². The third-order valence-electron chi connectivity index (χ3n) is 6.15. The van der Waals surface area contributed by atoms with Crippen LogP contribution in [0.5, 0.6) is 0 Å². The van der Waals surface area contributed by atoms with Crippen molar-refractivity contribution in [3.8, 4) is 11.1 Å². The number of benzene rings is 1. The number of aromatic nitrogens is 4. The van der Waals surface area contributed by atoms with Crippen LogP contribution in [0.2, 0.25) is 0 Å². The molecule has 1 atom stereocenters. The van der Waals surface area contributed by atoms with Crippen LogP contribution in [0.3, 0.4) is 0 Å². The summed E-state index contributed by atoms with van der Waals surface area (Å²) < 4.78 is 0. The average molecular weight is 425 g/mol. The van der Waals surface area contributed by atoms with E-state index in [1.54, 1.807) is 6.33 Å². The highest BCUT2D eigenvalue weighted by atomic mass is 15.2. The lowest BCUT2D eigenvalue weighted by molar-refractivity contribution is 0.244. The Hall–Kier alpha value is -3.38. The van der Waals surface area contributed by atoms with Crippen LogP contribution in [-0.4, -0.2) is 45.5 Å². The molecule has 0 saturated carbocycles. The maximum absolute atomic E-state index is 4.95. The minimum absolute atomic E-state index is 0.291. The summed E-state index contributed by atoms with van der Waals surface area (Å²) in [4.78, 5) is 22.9. The molecule has 0 N–H and O–H groups in total. The minimum Gasteiger partial charge on any atom is -0.362 e. The summed E-state index contributed by atoms with van der Waals surface area (Å²) in [7, 11) is 4.14. The molecule has 0 bridgehead atoms. The van der Waals surface area contributed by atoms with Gasteiger partial charge in [0, 0.05) is 55.2 Å². The van der Waals surface area contributed by atoms with E-state index in [4.69, 9.17) is 9.97 Å². The molecule has 32 heavy (non-hydrogen) atoms. The van der Waals surface area contributed by atoms with Gasteiger partial charge in [-0.1, -0.05) is 18.2 Å². The smallest absolute Gasteiger partial charge is 0.133 e. The van der Waals surface area contributed by atoms with Crippen LogP contribution in [0.25, 0.3) is 22.0 Å². The largest absolute Gasteiger partial charge is 0.362 e. The van der Waals surface area contributed by atoms with Gasteiger partial charge in [0.05, 0.1) is 17.3 Å². The van der Waals surface area contributed by atoms with Crippen LogP contribution < -0.4 is 4.90 Å². The minimum atomic E-state index is 0.291. The fraction of sp³-hybridized carbons (Fsp3) is 0.308. The molecule has 1 aliphatic rings. The number of pyridine rings is 2. The summed E-state index contributed by atoms with van der Waals surface area (Å²) >= 11 is 0. The van der Waals surface area contributed by atoms with E-state index in [2.05, 4.69) is 77.2 Å². The number of fused-ring (bicyclic) bond motifs is 1. The Morgan fingerprint density at radius 1 is 1.00 bits per heavy atom. The maximum Gasteiger partial charge on any atom is 0.133 e. The van der Waals surface area contributed by atoms with Gasteiger partial charge in [-0.2, -0.15) is 0 Å². The Bertz CT molecular complexity index is 1240. The van der Waals surface area contributed by atoms with Gasteiger partial charge < -0.3 is 4.90 Å². The van der Waals surface area contributed by atoms with E-state index in [0.29, 0.717) is 6.04 Å². The lowest BCUT2D eigenvalue weighted by Crippen LogP contribution is -2.25. The second-order valence-electron chi connectivity index (χ2n) is 8.74. The molecule has 4 heterocycles. The Kier molecular flexibility index (Phi) is 5.53. The highest BCUT2D eigenvalue weighted by Crippen LogP contribution is 2.35. The molecular weight excluding hydrogens is 396 g/mol. The van der Waals surface area contributed by atoms with Gasteiger partial charge in [0.1, 0.15) is 12.1 Å². The zero-order valence-corrected chi connectivity index (χ0v) is 18.9. The normalized spacial score (nSPS) is 16.5. The van der Waals surface area contributed by atoms with Gasteiger partial charge >= 0.3 is 0 Å². The fourth-order valence-electron chi connectivity index (χ4n) is 4.70. The lowest BCUT2D eigenvalue weighted by Gasteiger charge is -2.27. The third kappa shape index (κ3) is 4.06. The molecule has 0 spiro atoms. The van der Waals surface area contributed by atoms with Crippen molar-refractivity contribution in [3.63, 3.8) is 0 Å². The SMILES string of the molecule is Cc1cc(-c2cncnc2)cc(C2CCCN2Cc2cc3ccccc3nc2N(C)C)n1. The number of hydrogen-bond acceptors (Lipinski definition) is 6. The van der Waals surface area contributed by atoms with Crippen molar-refractivity contribution in [2.45, 2.75) is 32.4 Å². The summed E-state index contributed by atoms with van der Waals surface area (Å²) in [5, 5.41) is 1.18. The highest BCUT2D eigenvalue weighted by Gasteiger charge is 2.28. The maximum atomic E-state index is 4.95. The van der Waals surface area contributed by atoms with E-state index in [9.17, 15) is 0 Å². The first-order valence-corrected chi connectivity index (χ1v) is 11.1. The topological polar surface area (TPSA) is 58.0 Å². The molecule has 6 heteroatoms. The third-order valence-corrected chi connectivity index (χ3v) is 6.15. The molecular formula is C26H28N6. The van der Waals surface area contributed by atoms with Crippen LogP contribution in [0.4, 0.5) is 5.82 Å². The molecule has 4 aromatic rings. The van der Waals surface area contributed by atoms with Gasteiger partial charge in [-0.25, -0.2) is 15.0 Å². The van der Waals surface area contributed by atoms with E-state index in [1.807, 2.05) is 18.5 Å². The summed E-state index contributed by atoms with van der Waals surface area (Å²) in [6.07, 6.45) is 7.57. The van der Waals surface area contributed by atoms with Crippen molar-refractivity contribution in [2.24, 2.45) is 0 Å². The molecule has 1 saturated heterocycles. The first-order chi connectivity index (χ1) is 15.6. The van der Waals surface area contributed by atoms with Gasteiger partial charge in [-0.05, 0) is 56.1 Å². The van der Waals surface area contributed by atoms with Gasteiger partial charge in [0.15, 0.2) is 0 Å². The van der Waals surface area contributed by atoms with Crippen LogP contribution in [-0.2, 0) is 6.54 Å². The molecule has 0 amide bonds. The number of para-hydroxylation sites is 1. The summed E-state index contributed by atoms with van der Waals surface area (Å²) in [6.45, 7) is 3.98. The van der Waals surface area contributed by atoms with Crippen LogP contribution >= 0.6 is 0 Å². The standard InChI is InChI=1S/C26H28N6/c1-18-11-20(22-14-27-17-28-15-22)13-24(29-18)25-9-6-10-32(25)16-21-12-19-7-4-5-8-23(19)30-26(21)31(2)3/h4-5,7-8,11-15,17,25H,6,9-10,16H2,1-3H3. The molecule has 6 nitrogen and oxygen atoms in total. The van der Waals surface area contributed by atoms with Crippen molar-refractivity contribution in [1.82, 2.24) is 24.8 Å². The second kappa shape index (κ2) is 8.63. The number of anilines is 1. The zero-order chi connectivity index (χ0) is 22.1. The quantitative estimate of drug-likeness (QED) is 0.459. The summed E-state index contributed by atoms with van der Waals surface area (Å²) in [5.41, 5.74) is 6.59. The molecule has 1 aromatic carbocycles. The van der Waals surface area contributed by atoms with E-state index < -0.39 is 0 Å². The lowest BCUT2D eigenvalue weighted by atomic mass is 10.0. The van der Waals surface area contributed by atoms with Crippen molar-refractivity contribution in [1.29, 1.82) is 0 Å². The van der Waals surface area contributed by atoms with E-state index in [0.717, 1.165) is 53.4 Å².